The average Bonchev–Trinajstić information content (AvgIpc) is 2.44. The second-order valence-electron chi connectivity index (χ2n) is 5.31. The first-order valence-corrected chi connectivity index (χ1v) is 6.95. The van der Waals surface area contributed by atoms with Gasteiger partial charge in [-0.05, 0) is 19.4 Å². The fraction of sp³-hybridized carbons (Fsp3) is 0.533. The van der Waals surface area contributed by atoms with E-state index >= 15 is 0 Å². The minimum Gasteiger partial charge on any atom is -0.378 e. The average molecular weight is 278 g/mol. The topological polar surface area (TPSA) is 61.8 Å². The number of benzene rings is 1. The Morgan fingerprint density at radius 3 is 2.55 bits per heavy atom. The zero-order valence-electron chi connectivity index (χ0n) is 12.0. The molecule has 5 heteroatoms. The van der Waals surface area contributed by atoms with E-state index in [4.69, 9.17) is 4.74 Å². The first kappa shape index (κ1) is 15.0. The Balaban J connectivity index is 1.83. The van der Waals surface area contributed by atoms with Gasteiger partial charge in [-0.25, -0.2) is 0 Å². The van der Waals surface area contributed by atoms with Gasteiger partial charge < -0.3 is 15.2 Å². The molecule has 1 aliphatic heterocycles. The number of hydrogen-bond donors (Lipinski definition) is 2. The van der Waals surface area contributed by atoms with Gasteiger partial charge in [0.15, 0.2) is 6.10 Å². The number of hydrogen-bond acceptors (Lipinski definition) is 4. The van der Waals surface area contributed by atoms with E-state index < -0.39 is 6.10 Å². The molecule has 1 aromatic rings. The minimum absolute atomic E-state index is 0.162. The first-order valence-electron chi connectivity index (χ1n) is 6.95. The van der Waals surface area contributed by atoms with Crippen LogP contribution in [0.1, 0.15) is 25.5 Å². The molecule has 1 heterocycles. The Labute approximate surface area is 119 Å². The molecule has 3 atom stereocenters. The fourth-order valence-electron chi connectivity index (χ4n) is 2.49. The van der Waals surface area contributed by atoms with Crippen molar-refractivity contribution in [2.75, 3.05) is 19.8 Å². The van der Waals surface area contributed by atoms with Gasteiger partial charge in [-0.15, -0.1) is 0 Å². The summed E-state index contributed by atoms with van der Waals surface area (Å²) >= 11 is 0. The maximum absolute atomic E-state index is 11.9. The normalized spacial score (nSPS) is 25.1. The van der Waals surface area contributed by atoms with Gasteiger partial charge in [0.1, 0.15) is 0 Å². The van der Waals surface area contributed by atoms with Crippen LogP contribution in [0, 0.1) is 0 Å². The molecule has 1 saturated heterocycles. The highest BCUT2D eigenvalue weighted by atomic mass is 16.5. The summed E-state index contributed by atoms with van der Waals surface area (Å²) in [6.07, 6.45) is -0.795. The third-order valence-corrected chi connectivity index (χ3v) is 3.34. The molecule has 0 unspecified atom stereocenters. The number of carbonyl (C=O) groups is 1. The van der Waals surface area contributed by atoms with Crippen LogP contribution >= 0.6 is 0 Å². The summed E-state index contributed by atoms with van der Waals surface area (Å²) < 4.78 is 5.64. The van der Waals surface area contributed by atoms with Crippen molar-refractivity contribution in [3.05, 3.63) is 35.9 Å². The summed E-state index contributed by atoms with van der Waals surface area (Å²) in [5, 5.41) is 12.7. The molecule has 0 spiro atoms. The van der Waals surface area contributed by atoms with Crippen molar-refractivity contribution < 1.29 is 14.6 Å². The quantitative estimate of drug-likeness (QED) is 0.859. The van der Waals surface area contributed by atoms with Crippen LogP contribution in [0.25, 0.3) is 0 Å². The molecule has 20 heavy (non-hydrogen) atoms. The molecule has 0 bridgehead atoms. The van der Waals surface area contributed by atoms with E-state index in [2.05, 4.69) is 10.2 Å². The Morgan fingerprint density at radius 1 is 1.35 bits per heavy atom. The first-order chi connectivity index (χ1) is 9.56. The molecular weight excluding hydrogens is 256 g/mol. The third-order valence-electron chi connectivity index (χ3n) is 3.34. The van der Waals surface area contributed by atoms with E-state index in [1.165, 1.54) is 0 Å². The van der Waals surface area contributed by atoms with E-state index in [1.54, 1.807) is 24.3 Å². The Morgan fingerprint density at radius 2 is 1.95 bits per heavy atom. The number of morpholine rings is 1. The zero-order chi connectivity index (χ0) is 14.5. The lowest BCUT2D eigenvalue weighted by Gasteiger charge is -2.35. The van der Waals surface area contributed by atoms with Crippen LogP contribution in [0.5, 0.6) is 0 Å². The van der Waals surface area contributed by atoms with Crippen molar-refractivity contribution in [2.24, 2.45) is 0 Å². The summed E-state index contributed by atoms with van der Waals surface area (Å²) in [6.45, 7) is 6.03. The SMILES string of the molecule is C[C@@H]1CN(CNC(=O)[C@@H](O)c2ccccc2)C[C@@H](C)O1. The van der Waals surface area contributed by atoms with E-state index in [9.17, 15) is 9.90 Å². The van der Waals surface area contributed by atoms with Crippen LogP contribution < -0.4 is 5.32 Å². The maximum Gasteiger partial charge on any atom is 0.254 e. The summed E-state index contributed by atoms with van der Waals surface area (Å²) in [4.78, 5) is 14.0. The van der Waals surface area contributed by atoms with E-state index in [1.807, 2.05) is 19.9 Å². The number of nitrogens with one attached hydrogen (secondary N) is 1. The summed E-state index contributed by atoms with van der Waals surface area (Å²) in [7, 11) is 0. The van der Waals surface area contributed by atoms with Crippen LogP contribution in [0.15, 0.2) is 30.3 Å². The zero-order valence-corrected chi connectivity index (χ0v) is 12.0. The molecule has 5 nitrogen and oxygen atoms in total. The van der Waals surface area contributed by atoms with E-state index in [0.29, 0.717) is 12.2 Å². The number of carbonyl (C=O) groups excluding carboxylic acids is 1. The smallest absolute Gasteiger partial charge is 0.254 e. The molecule has 0 aromatic heterocycles. The number of aliphatic hydroxyl groups is 1. The fourth-order valence-corrected chi connectivity index (χ4v) is 2.49. The second-order valence-corrected chi connectivity index (χ2v) is 5.31. The third kappa shape index (κ3) is 4.03. The number of rotatable bonds is 4. The minimum atomic E-state index is -1.12. The van der Waals surface area contributed by atoms with Crippen molar-refractivity contribution in [3.8, 4) is 0 Å². The van der Waals surface area contributed by atoms with Crippen molar-refractivity contribution in [1.29, 1.82) is 0 Å². The largest absolute Gasteiger partial charge is 0.378 e. The van der Waals surface area contributed by atoms with Crippen LogP contribution in [0.3, 0.4) is 0 Å². The summed E-state index contributed by atoms with van der Waals surface area (Å²) in [5.74, 6) is -0.372. The van der Waals surface area contributed by atoms with Gasteiger partial charge in [-0.2, -0.15) is 0 Å². The molecule has 0 saturated carbocycles. The van der Waals surface area contributed by atoms with Crippen molar-refractivity contribution in [3.63, 3.8) is 0 Å². The maximum atomic E-state index is 11.9. The molecular formula is C15H22N2O3. The van der Waals surface area contributed by atoms with Gasteiger partial charge in [-0.1, -0.05) is 30.3 Å². The van der Waals surface area contributed by atoms with Gasteiger partial charge in [0.2, 0.25) is 0 Å². The molecule has 2 rings (SSSR count). The van der Waals surface area contributed by atoms with Crippen molar-refractivity contribution in [1.82, 2.24) is 10.2 Å². The summed E-state index contributed by atoms with van der Waals surface area (Å²) in [6, 6.07) is 8.94. The lowest BCUT2D eigenvalue weighted by molar-refractivity contribution is -0.131. The number of ether oxygens (including phenoxy) is 1. The standard InChI is InChI=1S/C15H22N2O3/c1-11-8-17(9-12(2)20-11)10-16-15(19)14(18)13-6-4-3-5-7-13/h3-7,11-12,14,18H,8-10H2,1-2H3,(H,16,19)/t11-,12-,14+/m1/s1. The molecule has 1 amide bonds. The molecule has 1 aromatic carbocycles. The summed E-state index contributed by atoms with van der Waals surface area (Å²) in [5.41, 5.74) is 0.605. The van der Waals surface area contributed by atoms with Gasteiger partial charge in [0.25, 0.3) is 5.91 Å². The molecule has 0 aliphatic carbocycles. The molecule has 0 radical (unpaired) electrons. The molecule has 1 fully saturated rings. The second kappa shape index (κ2) is 6.83. The molecule has 1 aliphatic rings. The van der Waals surface area contributed by atoms with Crippen molar-refractivity contribution in [2.45, 2.75) is 32.2 Å². The Kier molecular flexibility index (Phi) is 5.11. The predicted molar refractivity (Wildman–Crippen MR) is 76.0 cm³/mol. The van der Waals surface area contributed by atoms with Gasteiger partial charge in [-0.3, -0.25) is 9.69 Å². The Hall–Kier alpha value is -1.43. The number of aliphatic hydroxyl groups excluding tert-OH is 1. The number of nitrogens with zero attached hydrogens (tertiary/aromatic N) is 1. The van der Waals surface area contributed by atoms with Crippen LogP contribution in [-0.4, -0.2) is 47.9 Å². The van der Waals surface area contributed by atoms with Gasteiger partial charge in [0.05, 0.1) is 18.9 Å². The molecule has 2 N–H and O–H groups in total. The highest BCUT2D eigenvalue weighted by Gasteiger charge is 2.23. The highest BCUT2D eigenvalue weighted by Crippen LogP contribution is 2.13. The van der Waals surface area contributed by atoms with E-state index in [-0.39, 0.29) is 18.1 Å². The van der Waals surface area contributed by atoms with Crippen molar-refractivity contribution >= 4 is 5.91 Å². The lowest BCUT2D eigenvalue weighted by atomic mass is 10.1. The lowest BCUT2D eigenvalue weighted by Crippen LogP contribution is -2.50. The highest BCUT2D eigenvalue weighted by molar-refractivity contribution is 5.81. The molecule has 110 valence electrons. The Bertz CT molecular complexity index is 428. The van der Waals surface area contributed by atoms with Gasteiger partial charge >= 0.3 is 0 Å². The van der Waals surface area contributed by atoms with Crippen LogP contribution in [-0.2, 0) is 9.53 Å². The number of amides is 1. The monoisotopic (exact) mass is 278 g/mol. The van der Waals surface area contributed by atoms with Crippen LogP contribution in [0.4, 0.5) is 0 Å². The van der Waals surface area contributed by atoms with Crippen LogP contribution in [0.2, 0.25) is 0 Å². The predicted octanol–water partition coefficient (Wildman–Crippen LogP) is 0.903. The van der Waals surface area contributed by atoms with E-state index in [0.717, 1.165) is 13.1 Å². The van der Waals surface area contributed by atoms with Gasteiger partial charge in [0, 0.05) is 13.1 Å².